The molecule has 2 N–H and O–H groups in total. The van der Waals surface area contributed by atoms with Crippen LogP contribution in [0, 0.1) is 0 Å². The van der Waals surface area contributed by atoms with Gasteiger partial charge in [0, 0.05) is 29.7 Å². The summed E-state index contributed by atoms with van der Waals surface area (Å²) in [4.78, 5) is 4.27. The molecule has 3 heterocycles. The predicted molar refractivity (Wildman–Crippen MR) is 58.7 cm³/mol. The molecule has 2 aliphatic heterocycles. The number of nitrogens with one attached hydrogen (secondary N) is 2. The van der Waals surface area contributed by atoms with Crippen LogP contribution in [0.25, 0.3) is 0 Å². The van der Waals surface area contributed by atoms with Gasteiger partial charge in [0.1, 0.15) is 0 Å². The highest BCUT2D eigenvalue weighted by molar-refractivity contribution is 7.13. The standard InChI is InChI=1S/C10H15N3S/c1-2-8-6-9(5-7(1)12-8)13-10-11-3-4-14-10/h3-4,7-9,12H,1-2,5-6H2,(H,11,13)/t7-,8+,9?. The highest BCUT2D eigenvalue weighted by Crippen LogP contribution is 2.28. The van der Waals surface area contributed by atoms with E-state index in [1.54, 1.807) is 11.3 Å². The van der Waals surface area contributed by atoms with E-state index >= 15 is 0 Å². The van der Waals surface area contributed by atoms with E-state index in [-0.39, 0.29) is 0 Å². The first-order chi connectivity index (χ1) is 6.90. The molecule has 3 nitrogen and oxygen atoms in total. The van der Waals surface area contributed by atoms with Gasteiger partial charge >= 0.3 is 0 Å². The summed E-state index contributed by atoms with van der Waals surface area (Å²) >= 11 is 1.70. The average Bonchev–Trinajstić information content (AvgIpc) is 2.77. The van der Waals surface area contributed by atoms with Gasteiger partial charge in [-0.25, -0.2) is 4.98 Å². The van der Waals surface area contributed by atoms with Crippen LogP contribution >= 0.6 is 11.3 Å². The molecule has 2 fully saturated rings. The quantitative estimate of drug-likeness (QED) is 0.780. The number of fused-ring (bicyclic) bond motifs is 2. The molecule has 3 atom stereocenters. The SMILES string of the molecule is c1csc(NC2C[C@H]3CC[C@@H](C2)N3)n1. The van der Waals surface area contributed by atoms with Crippen molar-refractivity contribution in [1.29, 1.82) is 0 Å². The van der Waals surface area contributed by atoms with Crippen LogP contribution in [0.15, 0.2) is 11.6 Å². The maximum absolute atomic E-state index is 4.27. The lowest BCUT2D eigenvalue weighted by atomic mass is 10.0. The van der Waals surface area contributed by atoms with Crippen LogP contribution in [0.5, 0.6) is 0 Å². The van der Waals surface area contributed by atoms with Crippen molar-refractivity contribution in [2.45, 2.75) is 43.8 Å². The molecule has 0 aromatic carbocycles. The van der Waals surface area contributed by atoms with Gasteiger partial charge in [-0.2, -0.15) is 0 Å². The zero-order valence-corrected chi connectivity index (χ0v) is 8.89. The smallest absolute Gasteiger partial charge is 0.182 e. The van der Waals surface area contributed by atoms with Gasteiger partial charge in [0.15, 0.2) is 5.13 Å². The van der Waals surface area contributed by atoms with E-state index < -0.39 is 0 Å². The van der Waals surface area contributed by atoms with Crippen LogP contribution < -0.4 is 10.6 Å². The lowest BCUT2D eigenvalue weighted by Gasteiger charge is -2.29. The van der Waals surface area contributed by atoms with E-state index in [1.807, 2.05) is 11.6 Å². The van der Waals surface area contributed by atoms with Crippen molar-refractivity contribution >= 4 is 16.5 Å². The van der Waals surface area contributed by atoms with Crippen molar-refractivity contribution in [2.24, 2.45) is 0 Å². The van der Waals surface area contributed by atoms with E-state index in [4.69, 9.17) is 0 Å². The number of nitrogens with zero attached hydrogens (tertiary/aromatic N) is 1. The topological polar surface area (TPSA) is 37.0 Å². The van der Waals surface area contributed by atoms with E-state index in [2.05, 4.69) is 15.6 Å². The van der Waals surface area contributed by atoms with E-state index in [0.29, 0.717) is 6.04 Å². The minimum atomic E-state index is 0.639. The summed E-state index contributed by atoms with van der Waals surface area (Å²) in [7, 11) is 0. The summed E-state index contributed by atoms with van der Waals surface area (Å²) in [6.07, 6.45) is 7.11. The summed E-state index contributed by atoms with van der Waals surface area (Å²) in [6, 6.07) is 2.15. The molecular formula is C10H15N3S. The van der Waals surface area contributed by atoms with E-state index in [1.165, 1.54) is 25.7 Å². The fourth-order valence-corrected chi connectivity index (χ4v) is 3.25. The monoisotopic (exact) mass is 209 g/mol. The van der Waals surface area contributed by atoms with Crippen LogP contribution in [0.4, 0.5) is 5.13 Å². The first-order valence-electron chi connectivity index (χ1n) is 5.32. The second kappa shape index (κ2) is 3.51. The number of thiazole rings is 1. The summed E-state index contributed by atoms with van der Waals surface area (Å²) in [5, 5.41) is 10.3. The Hall–Kier alpha value is -0.610. The number of aromatic nitrogens is 1. The Balaban J connectivity index is 1.64. The second-order valence-corrected chi connectivity index (χ2v) is 5.18. The van der Waals surface area contributed by atoms with Crippen LogP contribution in [0.2, 0.25) is 0 Å². The first-order valence-corrected chi connectivity index (χ1v) is 6.20. The van der Waals surface area contributed by atoms with Crippen molar-refractivity contribution < 1.29 is 0 Å². The third kappa shape index (κ3) is 1.64. The maximum atomic E-state index is 4.27. The molecule has 2 bridgehead atoms. The van der Waals surface area contributed by atoms with Gasteiger partial charge < -0.3 is 10.6 Å². The molecule has 14 heavy (non-hydrogen) atoms. The van der Waals surface area contributed by atoms with Gasteiger partial charge in [0.2, 0.25) is 0 Å². The fourth-order valence-electron chi connectivity index (χ4n) is 2.64. The summed E-state index contributed by atoms with van der Waals surface area (Å²) in [5.74, 6) is 0. The lowest BCUT2D eigenvalue weighted by molar-refractivity contribution is 0.378. The molecule has 76 valence electrons. The van der Waals surface area contributed by atoms with Crippen LogP contribution in [0.3, 0.4) is 0 Å². The van der Waals surface area contributed by atoms with Gasteiger partial charge in [-0.3, -0.25) is 0 Å². The molecule has 0 saturated carbocycles. The molecule has 0 aliphatic carbocycles. The van der Waals surface area contributed by atoms with Crippen LogP contribution in [-0.2, 0) is 0 Å². The number of rotatable bonds is 2. The molecule has 2 saturated heterocycles. The molecule has 1 aromatic rings. The molecule has 4 heteroatoms. The maximum Gasteiger partial charge on any atom is 0.182 e. The predicted octanol–water partition coefficient (Wildman–Crippen LogP) is 1.84. The summed E-state index contributed by atoms with van der Waals surface area (Å²) in [6.45, 7) is 0. The first kappa shape index (κ1) is 8.68. The van der Waals surface area contributed by atoms with Gasteiger partial charge in [0.05, 0.1) is 0 Å². The minimum absolute atomic E-state index is 0.639. The van der Waals surface area contributed by atoms with Crippen LogP contribution in [0.1, 0.15) is 25.7 Å². The normalized spacial score (nSPS) is 35.9. The van der Waals surface area contributed by atoms with Gasteiger partial charge in [-0.15, -0.1) is 11.3 Å². The van der Waals surface area contributed by atoms with E-state index in [0.717, 1.165) is 17.2 Å². The Morgan fingerprint density at radius 2 is 2.14 bits per heavy atom. The zero-order valence-electron chi connectivity index (χ0n) is 8.07. The Kier molecular flexibility index (Phi) is 2.18. The number of hydrogen-bond donors (Lipinski definition) is 2. The molecule has 0 spiro atoms. The Morgan fingerprint density at radius 3 is 2.79 bits per heavy atom. The second-order valence-electron chi connectivity index (χ2n) is 4.29. The third-order valence-electron chi connectivity index (χ3n) is 3.23. The molecule has 1 aromatic heterocycles. The largest absolute Gasteiger partial charge is 0.359 e. The molecule has 0 radical (unpaired) electrons. The number of piperidine rings is 1. The van der Waals surface area contributed by atoms with Crippen molar-refractivity contribution in [3.05, 3.63) is 11.6 Å². The van der Waals surface area contributed by atoms with Crippen LogP contribution in [-0.4, -0.2) is 23.1 Å². The van der Waals surface area contributed by atoms with Gasteiger partial charge in [-0.05, 0) is 25.7 Å². The molecular weight excluding hydrogens is 194 g/mol. The Bertz CT molecular complexity index is 286. The zero-order chi connectivity index (χ0) is 9.38. The highest BCUT2D eigenvalue weighted by atomic mass is 32.1. The minimum Gasteiger partial charge on any atom is -0.359 e. The third-order valence-corrected chi connectivity index (χ3v) is 3.94. The summed E-state index contributed by atoms with van der Waals surface area (Å²) in [5.41, 5.74) is 0. The van der Waals surface area contributed by atoms with E-state index in [9.17, 15) is 0 Å². The van der Waals surface area contributed by atoms with Crippen molar-refractivity contribution in [3.8, 4) is 0 Å². The fraction of sp³-hybridized carbons (Fsp3) is 0.700. The molecule has 3 rings (SSSR count). The van der Waals surface area contributed by atoms with Crippen molar-refractivity contribution in [2.75, 3.05) is 5.32 Å². The highest BCUT2D eigenvalue weighted by Gasteiger charge is 2.33. The Morgan fingerprint density at radius 1 is 1.36 bits per heavy atom. The molecule has 1 unspecified atom stereocenters. The Labute approximate surface area is 87.9 Å². The lowest BCUT2D eigenvalue weighted by Crippen LogP contribution is -2.43. The molecule has 0 amide bonds. The van der Waals surface area contributed by atoms with Gasteiger partial charge in [-0.1, -0.05) is 0 Å². The number of anilines is 1. The average molecular weight is 209 g/mol. The number of hydrogen-bond acceptors (Lipinski definition) is 4. The van der Waals surface area contributed by atoms with Crippen molar-refractivity contribution in [3.63, 3.8) is 0 Å². The summed E-state index contributed by atoms with van der Waals surface area (Å²) < 4.78 is 0. The van der Waals surface area contributed by atoms with Gasteiger partial charge in [0.25, 0.3) is 0 Å². The van der Waals surface area contributed by atoms with Crippen molar-refractivity contribution in [1.82, 2.24) is 10.3 Å². The molecule has 2 aliphatic rings.